The number of hydrogen-bond donors (Lipinski definition) is 0. The number of ketones is 1. The van der Waals surface area contributed by atoms with Crippen LogP contribution in [0.4, 0.5) is 0 Å². The predicted octanol–water partition coefficient (Wildman–Crippen LogP) is 2.73. The number of carbonyl (C=O) groups excluding carboxylic acids is 2. The highest BCUT2D eigenvalue weighted by atomic mass is 16.1. The molecule has 0 radical (unpaired) electrons. The van der Waals surface area contributed by atoms with Gasteiger partial charge in [-0.25, -0.2) is 0 Å². The van der Waals surface area contributed by atoms with Gasteiger partial charge in [0.1, 0.15) is 12.1 Å². The zero-order chi connectivity index (χ0) is 11.1. The van der Waals surface area contributed by atoms with Crippen molar-refractivity contribution in [3.8, 4) is 0 Å². The molecule has 0 saturated heterocycles. The van der Waals surface area contributed by atoms with Gasteiger partial charge in [-0.15, -0.1) is 0 Å². The molecule has 1 aromatic rings. The Morgan fingerprint density at radius 3 is 2.53 bits per heavy atom. The van der Waals surface area contributed by atoms with Crippen molar-refractivity contribution in [1.29, 1.82) is 0 Å². The van der Waals surface area contributed by atoms with Crippen molar-refractivity contribution >= 4 is 12.1 Å². The Bertz CT molecular complexity index is 317. The molecule has 1 atom stereocenters. The molecule has 0 spiro atoms. The minimum absolute atomic E-state index is 0.0499. The minimum Gasteiger partial charge on any atom is -0.303 e. The number of rotatable bonds is 6. The van der Waals surface area contributed by atoms with Gasteiger partial charge in [0.2, 0.25) is 0 Å². The van der Waals surface area contributed by atoms with E-state index in [0.717, 1.165) is 24.7 Å². The SMILES string of the molecule is CC(=O)C(CCCC=O)c1ccccc1. The van der Waals surface area contributed by atoms with Crippen molar-refractivity contribution < 1.29 is 9.59 Å². The first kappa shape index (κ1) is 11.6. The Balaban J connectivity index is 2.66. The summed E-state index contributed by atoms with van der Waals surface area (Å²) in [7, 11) is 0. The van der Waals surface area contributed by atoms with Crippen LogP contribution in [0.25, 0.3) is 0 Å². The summed E-state index contributed by atoms with van der Waals surface area (Å²) in [6, 6.07) is 9.74. The van der Waals surface area contributed by atoms with E-state index < -0.39 is 0 Å². The molecule has 0 aliphatic carbocycles. The summed E-state index contributed by atoms with van der Waals surface area (Å²) >= 11 is 0. The molecule has 0 fully saturated rings. The van der Waals surface area contributed by atoms with Crippen LogP contribution in [0.5, 0.6) is 0 Å². The van der Waals surface area contributed by atoms with E-state index in [1.54, 1.807) is 6.92 Å². The van der Waals surface area contributed by atoms with Gasteiger partial charge < -0.3 is 4.79 Å². The van der Waals surface area contributed by atoms with Gasteiger partial charge in [0.15, 0.2) is 0 Å². The van der Waals surface area contributed by atoms with E-state index in [1.807, 2.05) is 30.3 Å². The highest BCUT2D eigenvalue weighted by molar-refractivity contribution is 5.83. The maximum Gasteiger partial charge on any atom is 0.137 e. The standard InChI is InChI=1S/C13H16O2/c1-11(15)13(9-5-6-10-14)12-7-3-2-4-8-12/h2-4,7-8,10,13H,5-6,9H2,1H3. The summed E-state index contributed by atoms with van der Waals surface area (Å²) in [5, 5.41) is 0. The summed E-state index contributed by atoms with van der Waals surface area (Å²) in [6.07, 6.45) is 2.99. The fourth-order valence-electron chi connectivity index (χ4n) is 1.70. The molecule has 15 heavy (non-hydrogen) atoms. The Labute approximate surface area is 90.3 Å². The molecule has 80 valence electrons. The fourth-order valence-corrected chi connectivity index (χ4v) is 1.70. The van der Waals surface area contributed by atoms with Gasteiger partial charge in [-0.1, -0.05) is 30.3 Å². The lowest BCUT2D eigenvalue weighted by Gasteiger charge is -2.12. The number of aldehydes is 1. The van der Waals surface area contributed by atoms with Crippen LogP contribution < -0.4 is 0 Å². The summed E-state index contributed by atoms with van der Waals surface area (Å²) in [5.41, 5.74) is 1.05. The number of carbonyl (C=O) groups is 2. The van der Waals surface area contributed by atoms with Crippen LogP contribution in [0.2, 0.25) is 0 Å². The van der Waals surface area contributed by atoms with E-state index in [2.05, 4.69) is 0 Å². The summed E-state index contributed by atoms with van der Waals surface area (Å²) in [6.45, 7) is 1.61. The molecule has 0 bridgehead atoms. The molecule has 1 unspecified atom stereocenters. The van der Waals surface area contributed by atoms with Gasteiger partial charge in [0.05, 0.1) is 0 Å². The Hall–Kier alpha value is -1.44. The average molecular weight is 204 g/mol. The second-order valence-electron chi connectivity index (χ2n) is 3.67. The second-order valence-corrected chi connectivity index (χ2v) is 3.67. The van der Waals surface area contributed by atoms with Crippen molar-refractivity contribution in [1.82, 2.24) is 0 Å². The van der Waals surface area contributed by atoms with Crippen molar-refractivity contribution in [2.45, 2.75) is 32.1 Å². The number of benzene rings is 1. The zero-order valence-corrected chi connectivity index (χ0v) is 8.98. The van der Waals surface area contributed by atoms with E-state index in [9.17, 15) is 9.59 Å². The molecule has 0 N–H and O–H groups in total. The van der Waals surface area contributed by atoms with E-state index in [1.165, 1.54) is 0 Å². The molecule has 0 aliphatic heterocycles. The van der Waals surface area contributed by atoms with E-state index in [4.69, 9.17) is 0 Å². The molecule has 1 rings (SSSR count). The minimum atomic E-state index is -0.0499. The Morgan fingerprint density at radius 1 is 1.33 bits per heavy atom. The summed E-state index contributed by atoms with van der Waals surface area (Å²) in [4.78, 5) is 21.7. The quantitative estimate of drug-likeness (QED) is 0.527. The maximum absolute atomic E-state index is 11.5. The van der Waals surface area contributed by atoms with Crippen molar-refractivity contribution in [3.63, 3.8) is 0 Å². The van der Waals surface area contributed by atoms with Gasteiger partial charge in [-0.05, 0) is 25.3 Å². The maximum atomic E-state index is 11.5. The fraction of sp³-hybridized carbons (Fsp3) is 0.385. The largest absolute Gasteiger partial charge is 0.303 e. The third-order valence-corrected chi connectivity index (χ3v) is 2.51. The van der Waals surface area contributed by atoms with E-state index >= 15 is 0 Å². The molecule has 0 saturated carbocycles. The van der Waals surface area contributed by atoms with Crippen molar-refractivity contribution in [2.24, 2.45) is 0 Å². The van der Waals surface area contributed by atoms with Crippen molar-refractivity contribution in [3.05, 3.63) is 35.9 Å². The van der Waals surface area contributed by atoms with Crippen LogP contribution in [0.15, 0.2) is 30.3 Å². The Morgan fingerprint density at radius 2 is 2.00 bits per heavy atom. The average Bonchev–Trinajstić information content (AvgIpc) is 2.25. The first-order valence-corrected chi connectivity index (χ1v) is 5.24. The first-order valence-electron chi connectivity index (χ1n) is 5.24. The number of unbranched alkanes of at least 4 members (excludes halogenated alkanes) is 1. The molecular weight excluding hydrogens is 188 g/mol. The highest BCUT2D eigenvalue weighted by Crippen LogP contribution is 2.22. The topological polar surface area (TPSA) is 34.1 Å². The van der Waals surface area contributed by atoms with Gasteiger partial charge in [-0.3, -0.25) is 4.79 Å². The molecule has 0 aliphatic rings. The molecule has 0 amide bonds. The van der Waals surface area contributed by atoms with Crippen LogP contribution in [-0.4, -0.2) is 12.1 Å². The van der Waals surface area contributed by atoms with Crippen LogP contribution in [0.3, 0.4) is 0 Å². The third kappa shape index (κ3) is 3.66. The lowest BCUT2D eigenvalue weighted by Crippen LogP contribution is -2.08. The van der Waals surface area contributed by atoms with Crippen LogP contribution in [0.1, 0.15) is 37.7 Å². The van der Waals surface area contributed by atoms with E-state index in [0.29, 0.717) is 6.42 Å². The normalized spacial score (nSPS) is 12.1. The number of Topliss-reactive ketones (excluding diaryl/α,β-unsaturated/α-hetero) is 1. The lowest BCUT2D eigenvalue weighted by atomic mass is 9.90. The van der Waals surface area contributed by atoms with Gasteiger partial charge in [-0.2, -0.15) is 0 Å². The predicted molar refractivity (Wildman–Crippen MR) is 59.8 cm³/mol. The monoisotopic (exact) mass is 204 g/mol. The van der Waals surface area contributed by atoms with Crippen LogP contribution in [-0.2, 0) is 9.59 Å². The Kier molecular flexibility index (Phi) is 4.75. The van der Waals surface area contributed by atoms with Crippen molar-refractivity contribution in [2.75, 3.05) is 0 Å². The molecule has 1 aromatic carbocycles. The summed E-state index contributed by atoms with van der Waals surface area (Å²) in [5.74, 6) is 0.123. The van der Waals surface area contributed by atoms with Gasteiger partial charge in [0.25, 0.3) is 0 Å². The van der Waals surface area contributed by atoms with Crippen LogP contribution >= 0.6 is 0 Å². The third-order valence-electron chi connectivity index (χ3n) is 2.51. The summed E-state index contributed by atoms with van der Waals surface area (Å²) < 4.78 is 0. The van der Waals surface area contributed by atoms with Crippen LogP contribution in [0, 0.1) is 0 Å². The number of hydrogen-bond acceptors (Lipinski definition) is 2. The van der Waals surface area contributed by atoms with Gasteiger partial charge in [0, 0.05) is 12.3 Å². The zero-order valence-electron chi connectivity index (χ0n) is 8.98. The molecule has 2 heteroatoms. The molecule has 2 nitrogen and oxygen atoms in total. The van der Waals surface area contributed by atoms with E-state index in [-0.39, 0.29) is 11.7 Å². The van der Waals surface area contributed by atoms with Gasteiger partial charge >= 0.3 is 0 Å². The first-order chi connectivity index (χ1) is 7.25. The highest BCUT2D eigenvalue weighted by Gasteiger charge is 2.15. The second kappa shape index (κ2) is 6.12. The molecule has 0 heterocycles. The molecular formula is C13H16O2. The lowest BCUT2D eigenvalue weighted by molar-refractivity contribution is -0.118. The smallest absolute Gasteiger partial charge is 0.137 e. The molecule has 0 aromatic heterocycles.